The Hall–Kier alpha value is -0.510. The quantitative estimate of drug-likeness (QED) is 0.633. The largest absolute Gasteiger partial charge is 0.198 e. The molecule has 0 saturated heterocycles. The zero-order valence-corrected chi connectivity index (χ0v) is 11.7. The fourth-order valence-electron chi connectivity index (χ4n) is 2.72. The van der Waals surface area contributed by atoms with E-state index >= 15 is 0 Å². The van der Waals surface area contributed by atoms with Gasteiger partial charge in [0, 0.05) is 0 Å². The molecule has 1 rings (SSSR count). The van der Waals surface area contributed by atoms with Crippen molar-refractivity contribution < 1.29 is 0 Å². The summed E-state index contributed by atoms with van der Waals surface area (Å²) in [7, 11) is 0. The van der Waals surface area contributed by atoms with Crippen LogP contribution in [0.3, 0.4) is 0 Å². The first-order valence-electron chi connectivity index (χ1n) is 7.17. The molecule has 0 aromatic rings. The second kappa shape index (κ2) is 8.62. The standard InChI is InChI=1S/C13H23N.C2H6/c1-3-12(4-2)10-13(11-14)8-6-5-7-9-13;1-2/h12H,3-10H2,1-2H3;1-2H3. The Morgan fingerprint density at radius 3 is 1.94 bits per heavy atom. The number of hydrogen-bond donors (Lipinski definition) is 0. The fraction of sp³-hybridized carbons (Fsp3) is 0.933. The van der Waals surface area contributed by atoms with Gasteiger partial charge in [-0.2, -0.15) is 5.26 Å². The summed E-state index contributed by atoms with van der Waals surface area (Å²) in [5.74, 6) is 0.771. The van der Waals surface area contributed by atoms with Gasteiger partial charge in [-0.3, -0.25) is 0 Å². The van der Waals surface area contributed by atoms with Crippen molar-refractivity contribution in [2.24, 2.45) is 11.3 Å². The highest BCUT2D eigenvalue weighted by atomic mass is 14.4. The molecule has 94 valence electrons. The third-order valence-corrected chi connectivity index (χ3v) is 3.88. The minimum Gasteiger partial charge on any atom is -0.198 e. The van der Waals surface area contributed by atoms with Crippen molar-refractivity contribution >= 4 is 0 Å². The molecule has 0 aromatic heterocycles. The van der Waals surface area contributed by atoms with Gasteiger partial charge in [-0.25, -0.2) is 0 Å². The van der Waals surface area contributed by atoms with Crippen molar-refractivity contribution in [3.05, 3.63) is 0 Å². The number of rotatable bonds is 4. The maximum absolute atomic E-state index is 9.33. The number of hydrogen-bond acceptors (Lipinski definition) is 1. The summed E-state index contributed by atoms with van der Waals surface area (Å²) in [5.41, 5.74) is 0.0505. The predicted molar refractivity (Wildman–Crippen MR) is 71.2 cm³/mol. The van der Waals surface area contributed by atoms with Crippen LogP contribution in [-0.2, 0) is 0 Å². The maximum atomic E-state index is 9.33. The van der Waals surface area contributed by atoms with Gasteiger partial charge in [0.1, 0.15) is 0 Å². The van der Waals surface area contributed by atoms with E-state index in [4.69, 9.17) is 0 Å². The molecule has 0 radical (unpaired) electrons. The van der Waals surface area contributed by atoms with Crippen LogP contribution in [0.4, 0.5) is 0 Å². The minimum atomic E-state index is 0.0505. The molecule has 0 atom stereocenters. The van der Waals surface area contributed by atoms with Crippen LogP contribution in [0.25, 0.3) is 0 Å². The molecule has 1 aliphatic carbocycles. The third kappa shape index (κ3) is 4.56. The molecule has 0 aliphatic heterocycles. The molecule has 1 nitrogen and oxygen atoms in total. The Morgan fingerprint density at radius 1 is 1.06 bits per heavy atom. The molecule has 1 heteroatoms. The minimum absolute atomic E-state index is 0.0505. The van der Waals surface area contributed by atoms with Crippen molar-refractivity contribution in [2.45, 2.75) is 79.1 Å². The topological polar surface area (TPSA) is 23.8 Å². The first-order chi connectivity index (χ1) is 7.76. The molecule has 0 spiro atoms. The third-order valence-electron chi connectivity index (χ3n) is 3.88. The summed E-state index contributed by atoms with van der Waals surface area (Å²) < 4.78 is 0. The van der Waals surface area contributed by atoms with E-state index in [0.29, 0.717) is 0 Å². The first-order valence-corrected chi connectivity index (χ1v) is 7.17. The van der Waals surface area contributed by atoms with Gasteiger partial charge in [-0.15, -0.1) is 0 Å². The maximum Gasteiger partial charge on any atom is 0.0689 e. The first kappa shape index (κ1) is 15.5. The van der Waals surface area contributed by atoms with Gasteiger partial charge in [-0.1, -0.05) is 59.8 Å². The summed E-state index contributed by atoms with van der Waals surface area (Å²) in [6.45, 7) is 8.50. The van der Waals surface area contributed by atoms with Crippen molar-refractivity contribution in [3.63, 3.8) is 0 Å². The van der Waals surface area contributed by atoms with Crippen LogP contribution in [0.2, 0.25) is 0 Å². The Bertz CT molecular complexity index is 192. The lowest BCUT2D eigenvalue weighted by Crippen LogP contribution is -2.25. The highest BCUT2D eigenvalue weighted by Gasteiger charge is 2.33. The molecule has 16 heavy (non-hydrogen) atoms. The second-order valence-corrected chi connectivity index (χ2v) is 4.84. The van der Waals surface area contributed by atoms with Gasteiger partial charge in [0.25, 0.3) is 0 Å². The van der Waals surface area contributed by atoms with Crippen LogP contribution in [0.5, 0.6) is 0 Å². The molecule has 0 heterocycles. The molecular formula is C15H29N. The van der Waals surface area contributed by atoms with Crippen LogP contribution >= 0.6 is 0 Å². The van der Waals surface area contributed by atoms with E-state index in [1.165, 1.54) is 32.1 Å². The summed E-state index contributed by atoms with van der Waals surface area (Å²) in [5, 5.41) is 9.33. The van der Waals surface area contributed by atoms with Gasteiger partial charge in [-0.05, 0) is 25.2 Å². The molecule has 1 aliphatic rings. The van der Waals surface area contributed by atoms with Gasteiger partial charge < -0.3 is 0 Å². The summed E-state index contributed by atoms with van der Waals surface area (Å²) in [6, 6.07) is 2.62. The molecule has 0 aromatic carbocycles. The molecule has 0 bridgehead atoms. The van der Waals surface area contributed by atoms with Crippen LogP contribution in [0.15, 0.2) is 0 Å². The molecule has 1 saturated carbocycles. The van der Waals surface area contributed by atoms with E-state index in [2.05, 4.69) is 19.9 Å². The number of nitrogens with zero attached hydrogens (tertiary/aromatic N) is 1. The average molecular weight is 223 g/mol. The van der Waals surface area contributed by atoms with Crippen molar-refractivity contribution in [1.82, 2.24) is 0 Å². The molecular weight excluding hydrogens is 194 g/mol. The zero-order chi connectivity index (χ0) is 12.4. The van der Waals surface area contributed by atoms with Crippen molar-refractivity contribution in [2.75, 3.05) is 0 Å². The highest BCUT2D eigenvalue weighted by molar-refractivity contribution is 5.01. The van der Waals surface area contributed by atoms with Gasteiger partial charge >= 0.3 is 0 Å². The summed E-state index contributed by atoms with van der Waals surface area (Å²) in [4.78, 5) is 0. The molecule has 0 amide bonds. The van der Waals surface area contributed by atoms with Crippen LogP contribution in [0, 0.1) is 22.7 Å². The Kier molecular flexibility index (Phi) is 8.35. The highest BCUT2D eigenvalue weighted by Crippen LogP contribution is 2.42. The zero-order valence-electron chi connectivity index (χ0n) is 11.7. The lowest BCUT2D eigenvalue weighted by Gasteiger charge is -2.33. The van der Waals surface area contributed by atoms with E-state index < -0.39 is 0 Å². The van der Waals surface area contributed by atoms with Gasteiger partial charge in [0.15, 0.2) is 0 Å². The lowest BCUT2D eigenvalue weighted by atomic mass is 9.69. The number of nitriles is 1. The molecule has 0 unspecified atom stereocenters. The Balaban J connectivity index is 0.00000106. The molecule has 1 fully saturated rings. The van der Waals surface area contributed by atoms with E-state index in [9.17, 15) is 5.26 Å². The fourth-order valence-corrected chi connectivity index (χ4v) is 2.72. The summed E-state index contributed by atoms with van der Waals surface area (Å²) in [6.07, 6.45) is 9.81. The summed E-state index contributed by atoms with van der Waals surface area (Å²) >= 11 is 0. The van der Waals surface area contributed by atoms with Crippen molar-refractivity contribution in [1.29, 1.82) is 5.26 Å². The second-order valence-electron chi connectivity index (χ2n) is 4.84. The SMILES string of the molecule is CC.CCC(CC)CC1(C#N)CCCCC1. The molecule has 0 N–H and O–H groups in total. The Labute approximate surface area is 102 Å². The van der Waals surface area contributed by atoms with Gasteiger partial charge in [0.2, 0.25) is 0 Å². The smallest absolute Gasteiger partial charge is 0.0689 e. The normalized spacial score (nSPS) is 18.5. The van der Waals surface area contributed by atoms with Crippen molar-refractivity contribution in [3.8, 4) is 6.07 Å². The monoisotopic (exact) mass is 223 g/mol. The Morgan fingerprint density at radius 2 is 1.56 bits per heavy atom. The lowest BCUT2D eigenvalue weighted by molar-refractivity contribution is 0.203. The van der Waals surface area contributed by atoms with Crippen LogP contribution in [-0.4, -0.2) is 0 Å². The van der Waals surface area contributed by atoms with Gasteiger partial charge in [0.05, 0.1) is 11.5 Å². The predicted octanol–water partition coefficient (Wildman–Crippen LogP) is 5.31. The van der Waals surface area contributed by atoms with E-state index in [-0.39, 0.29) is 5.41 Å². The average Bonchev–Trinajstić information content (AvgIpc) is 2.39. The van der Waals surface area contributed by atoms with Crippen LogP contribution in [0.1, 0.15) is 79.1 Å². The van der Waals surface area contributed by atoms with E-state index in [1.54, 1.807) is 0 Å². The van der Waals surface area contributed by atoms with Crippen LogP contribution < -0.4 is 0 Å². The van der Waals surface area contributed by atoms with E-state index in [1.807, 2.05) is 13.8 Å². The van der Waals surface area contributed by atoms with E-state index in [0.717, 1.165) is 25.2 Å².